The van der Waals surface area contributed by atoms with Crippen LogP contribution in [0.4, 0.5) is 0 Å². The molecule has 7 aromatic carbocycles. The van der Waals surface area contributed by atoms with Gasteiger partial charge in [0.15, 0.2) is 17.5 Å². The summed E-state index contributed by atoms with van der Waals surface area (Å²) in [6.07, 6.45) is 1.86. The maximum absolute atomic E-state index is 6.65. The summed E-state index contributed by atoms with van der Waals surface area (Å²) in [5, 5.41) is 1.10. The van der Waals surface area contributed by atoms with Crippen molar-refractivity contribution in [1.82, 2.24) is 19.9 Å². The molecule has 0 fully saturated rings. The van der Waals surface area contributed by atoms with Crippen molar-refractivity contribution in [2.75, 3.05) is 0 Å². The number of hydrogen-bond donors (Lipinski definition) is 0. The minimum absolute atomic E-state index is 0.601. The van der Waals surface area contributed by atoms with Gasteiger partial charge in [0.25, 0.3) is 0 Å². The Kier molecular flexibility index (Phi) is 7.62. The molecule has 1 aliphatic rings. The first-order valence-corrected chi connectivity index (χ1v) is 18.0. The normalized spacial score (nSPS) is 12.7. The number of nitrogens with zero attached hydrogens (tertiary/aromatic N) is 4. The average Bonchev–Trinajstić information content (AvgIpc) is 3.26. The molecule has 5 heteroatoms. The third kappa shape index (κ3) is 5.25. The van der Waals surface area contributed by atoms with E-state index in [0.29, 0.717) is 17.5 Å². The summed E-state index contributed by atoms with van der Waals surface area (Å²) >= 11 is 0. The minimum atomic E-state index is -0.757. The van der Waals surface area contributed by atoms with Crippen LogP contribution in [0.25, 0.3) is 56.2 Å². The minimum Gasteiger partial charge on any atom is -0.457 e. The maximum atomic E-state index is 6.65. The monoisotopic (exact) mass is 692 g/mol. The molecule has 0 N–H and O–H groups in total. The zero-order valence-electron chi connectivity index (χ0n) is 29.2. The highest BCUT2D eigenvalue weighted by atomic mass is 16.5. The second kappa shape index (κ2) is 13.1. The van der Waals surface area contributed by atoms with E-state index in [-0.39, 0.29) is 0 Å². The van der Waals surface area contributed by atoms with Gasteiger partial charge in [0.1, 0.15) is 11.5 Å². The van der Waals surface area contributed by atoms with Crippen LogP contribution in [0.15, 0.2) is 194 Å². The van der Waals surface area contributed by atoms with Crippen molar-refractivity contribution >= 4 is 10.9 Å². The first-order chi connectivity index (χ1) is 26.8. The van der Waals surface area contributed by atoms with Crippen LogP contribution in [0, 0.1) is 0 Å². The van der Waals surface area contributed by atoms with E-state index in [4.69, 9.17) is 24.7 Å². The molecule has 0 bridgehead atoms. The zero-order chi connectivity index (χ0) is 35.9. The number of hydrogen-bond acceptors (Lipinski definition) is 5. The average molecular weight is 693 g/mol. The van der Waals surface area contributed by atoms with Crippen LogP contribution in [-0.2, 0) is 5.41 Å². The van der Waals surface area contributed by atoms with Crippen LogP contribution in [0.2, 0.25) is 0 Å². The van der Waals surface area contributed by atoms with Gasteiger partial charge in [0.05, 0.1) is 10.9 Å². The van der Waals surface area contributed by atoms with E-state index in [1.54, 1.807) is 0 Å². The predicted molar refractivity (Wildman–Crippen MR) is 215 cm³/mol. The first kappa shape index (κ1) is 31.5. The van der Waals surface area contributed by atoms with Crippen LogP contribution in [-0.4, -0.2) is 19.9 Å². The summed E-state index contributed by atoms with van der Waals surface area (Å²) in [7, 11) is 0. The molecule has 5 nitrogen and oxygen atoms in total. The Morgan fingerprint density at radius 2 is 0.870 bits per heavy atom. The van der Waals surface area contributed by atoms with Crippen LogP contribution in [0.1, 0.15) is 22.3 Å². The highest BCUT2D eigenvalue weighted by Gasteiger charge is 2.45. The molecule has 0 radical (unpaired) electrons. The van der Waals surface area contributed by atoms with E-state index in [0.717, 1.165) is 72.5 Å². The van der Waals surface area contributed by atoms with Crippen molar-refractivity contribution in [3.63, 3.8) is 0 Å². The molecule has 0 amide bonds. The number of pyridine rings is 1. The molecule has 9 aromatic rings. The van der Waals surface area contributed by atoms with Gasteiger partial charge in [-0.1, -0.05) is 158 Å². The lowest BCUT2D eigenvalue weighted by Gasteiger charge is -2.41. The number of rotatable bonds is 6. The summed E-state index contributed by atoms with van der Waals surface area (Å²) in [6.45, 7) is 0. The van der Waals surface area contributed by atoms with Gasteiger partial charge in [0.2, 0.25) is 0 Å². The molecular weight excluding hydrogens is 661 g/mol. The summed E-state index contributed by atoms with van der Waals surface area (Å²) in [5.41, 5.74) is 9.42. The second-order valence-electron chi connectivity index (χ2n) is 13.4. The van der Waals surface area contributed by atoms with Crippen LogP contribution in [0.5, 0.6) is 11.5 Å². The Balaban J connectivity index is 1.24. The van der Waals surface area contributed by atoms with Crippen molar-refractivity contribution in [1.29, 1.82) is 0 Å². The lowest BCUT2D eigenvalue weighted by molar-refractivity contribution is 0.434. The van der Waals surface area contributed by atoms with Crippen molar-refractivity contribution in [2.45, 2.75) is 5.41 Å². The Morgan fingerprint density at radius 3 is 1.50 bits per heavy atom. The van der Waals surface area contributed by atoms with Crippen LogP contribution < -0.4 is 4.74 Å². The fourth-order valence-corrected chi connectivity index (χ4v) is 7.87. The van der Waals surface area contributed by atoms with Gasteiger partial charge in [-0.25, -0.2) is 15.0 Å². The smallest absolute Gasteiger partial charge is 0.164 e. The molecule has 3 heterocycles. The maximum Gasteiger partial charge on any atom is 0.164 e. The molecule has 1 aliphatic heterocycles. The molecular formula is C49H32N4O. The third-order valence-corrected chi connectivity index (χ3v) is 10.3. The third-order valence-electron chi connectivity index (χ3n) is 10.3. The topological polar surface area (TPSA) is 60.8 Å². The van der Waals surface area contributed by atoms with E-state index >= 15 is 0 Å². The highest BCUT2D eigenvalue weighted by Crippen LogP contribution is 2.56. The Labute approximate surface area is 313 Å². The Hall–Kier alpha value is -7.24. The number of ether oxygens (including phenoxy) is 1. The van der Waals surface area contributed by atoms with Crippen LogP contribution in [0.3, 0.4) is 0 Å². The molecule has 0 unspecified atom stereocenters. The quantitative estimate of drug-likeness (QED) is 0.174. The lowest BCUT2D eigenvalue weighted by atomic mass is 9.63. The van der Waals surface area contributed by atoms with Gasteiger partial charge in [-0.15, -0.1) is 0 Å². The molecule has 0 aliphatic carbocycles. The fourth-order valence-electron chi connectivity index (χ4n) is 7.87. The zero-order valence-corrected chi connectivity index (χ0v) is 29.2. The van der Waals surface area contributed by atoms with E-state index in [2.05, 4.69) is 109 Å². The largest absolute Gasteiger partial charge is 0.457 e. The summed E-state index contributed by atoms with van der Waals surface area (Å²) in [6, 6.07) is 64.9. The molecule has 10 rings (SSSR count). The summed E-state index contributed by atoms with van der Waals surface area (Å²) in [5.74, 6) is 3.48. The SMILES string of the molecule is c1ccc(-c2nc(-c3ccccc3)nc(-c3cccc(C4(c5cccc(-c6cccc7cccnc67)c5)c5ccccc5Oc5ccccc54)c3)n2)cc1. The van der Waals surface area contributed by atoms with Gasteiger partial charge in [-0.2, -0.15) is 0 Å². The summed E-state index contributed by atoms with van der Waals surface area (Å²) < 4.78 is 6.65. The molecule has 0 saturated carbocycles. The van der Waals surface area contributed by atoms with Crippen molar-refractivity contribution in [3.8, 4) is 56.8 Å². The Bertz CT molecular complexity index is 2710. The van der Waals surface area contributed by atoms with Crippen LogP contribution >= 0.6 is 0 Å². The van der Waals surface area contributed by atoms with Crippen molar-refractivity contribution in [2.24, 2.45) is 0 Å². The standard InChI is InChI=1S/C49H32N4O/c1-3-15-34(16-4-1)46-51-47(35-17-5-2-6-18-35)53-48(52-46)37-21-12-24-39(32-37)49(41-26-7-9-28-43(41)54-44-29-10-8-27-42(44)49)38-23-11-20-36(31-38)40-25-13-19-33-22-14-30-50-45(33)40/h1-32H. The predicted octanol–water partition coefficient (Wildman–Crippen LogP) is 11.6. The molecule has 2 aromatic heterocycles. The van der Waals surface area contributed by atoms with Gasteiger partial charge in [-0.05, 0) is 47.0 Å². The molecule has 254 valence electrons. The number of benzene rings is 7. The lowest BCUT2D eigenvalue weighted by Crippen LogP contribution is -2.34. The number of fused-ring (bicyclic) bond motifs is 3. The van der Waals surface area contributed by atoms with E-state index in [1.807, 2.05) is 85.1 Å². The van der Waals surface area contributed by atoms with Gasteiger partial charge in [0, 0.05) is 45.0 Å². The highest BCUT2D eigenvalue weighted by molar-refractivity contribution is 5.93. The van der Waals surface area contributed by atoms with Gasteiger partial charge >= 0.3 is 0 Å². The van der Waals surface area contributed by atoms with Gasteiger partial charge in [-0.3, -0.25) is 4.98 Å². The first-order valence-electron chi connectivity index (χ1n) is 18.0. The Morgan fingerprint density at radius 1 is 0.389 bits per heavy atom. The molecule has 54 heavy (non-hydrogen) atoms. The number of para-hydroxylation sites is 3. The van der Waals surface area contributed by atoms with E-state index in [1.165, 1.54) is 0 Å². The molecule has 0 spiro atoms. The second-order valence-corrected chi connectivity index (χ2v) is 13.4. The van der Waals surface area contributed by atoms with Gasteiger partial charge < -0.3 is 4.74 Å². The molecule has 0 saturated heterocycles. The van der Waals surface area contributed by atoms with Crippen molar-refractivity contribution < 1.29 is 4.74 Å². The van der Waals surface area contributed by atoms with E-state index < -0.39 is 5.41 Å². The fraction of sp³-hybridized carbons (Fsp3) is 0.0204. The van der Waals surface area contributed by atoms with E-state index in [9.17, 15) is 0 Å². The number of aromatic nitrogens is 4. The van der Waals surface area contributed by atoms with Crippen molar-refractivity contribution in [3.05, 3.63) is 217 Å². The molecule has 0 atom stereocenters. The summed E-state index contributed by atoms with van der Waals surface area (Å²) in [4.78, 5) is 20.0.